The van der Waals surface area contributed by atoms with Crippen LogP contribution in [0.25, 0.3) is 22.6 Å². The van der Waals surface area contributed by atoms with Gasteiger partial charge in [-0.15, -0.1) is 0 Å². The van der Waals surface area contributed by atoms with Crippen LogP contribution in [0.2, 0.25) is 0 Å². The topological polar surface area (TPSA) is 106 Å². The molecule has 194 valence electrons. The number of aromatic nitrogens is 3. The van der Waals surface area contributed by atoms with E-state index in [2.05, 4.69) is 29.3 Å². The third kappa shape index (κ3) is 5.23. The van der Waals surface area contributed by atoms with Crippen molar-refractivity contribution in [3.63, 3.8) is 0 Å². The van der Waals surface area contributed by atoms with Crippen LogP contribution in [0.4, 0.5) is 5.82 Å². The van der Waals surface area contributed by atoms with Crippen molar-refractivity contribution in [1.82, 2.24) is 20.4 Å². The quantitative estimate of drug-likeness (QED) is 0.436. The van der Waals surface area contributed by atoms with Crippen molar-refractivity contribution >= 4 is 5.82 Å². The van der Waals surface area contributed by atoms with Crippen LogP contribution in [0.5, 0.6) is 5.75 Å². The van der Waals surface area contributed by atoms with Crippen LogP contribution >= 0.6 is 0 Å². The summed E-state index contributed by atoms with van der Waals surface area (Å²) in [5.74, 6) is 2.83. The summed E-state index contributed by atoms with van der Waals surface area (Å²) in [4.78, 5) is 12.2. The summed E-state index contributed by atoms with van der Waals surface area (Å²) in [6.07, 6.45) is 1.26. The third-order valence-electron chi connectivity index (χ3n) is 7.07. The zero-order chi connectivity index (χ0) is 26.0. The second kappa shape index (κ2) is 10.5. The first-order chi connectivity index (χ1) is 17.2. The van der Waals surface area contributed by atoms with Gasteiger partial charge in [0.15, 0.2) is 5.82 Å². The van der Waals surface area contributed by atoms with Crippen LogP contribution in [-0.2, 0) is 4.74 Å². The summed E-state index contributed by atoms with van der Waals surface area (Å²) in [5, 5.41) is 17.1. The zero-order valence-corrected chi connectivity index (χ0v) is 22.3. The summed E-state index contributed by atoms with van der Waals surface area (Å²) >= 11 is 0. The smallest absolute Gasteiger partial charge is 0.162 e. The van der Waals surface area contributed by atoms with Crippen molar-refractivity contribution < 1.29 is 19.1 Å². The van der Waals surface area contributed by atoms with Gasteiger partial charge in [-0.2, -0.15) is 0 Å². The molecule has 0 bridgehead atoms. The Hall–Kier alpha value is -3.01. The van der Waals surface area contributed by atoms with Crippen molar-refractivity contribution in [2.24, 2.45) is 0 Å². The van der Waals surface area contributed by atoms with Crippen molar-refractivity contribution in [1.29, 1.82) is 0 Å². The van der Waals surface area contributed by atoms with Gasteiger partial charge < -0.3 is 29.3 Å². The van der Waals surface area contributed by atoms with Crippen LogP contribution in [0, 0.1) is 20.8 Å². The minimum atomic E-state index is -0.596. The second-order valence-electron chi connectivity index (χ2n) is 9.92. The standard InChI is InChI=1S/C27H37N5O4/c1-16-24(23-17(2)31-36-18(23)3)29-25(30-26(16)32(6)20-12-27(4,13-20)34-7)19-9-8-10-22(11-19)35-15-21(33)14-28-5/h8-11,20-21,28,33H,12-15H2,1-7H3/t20-,21?,27+. The number of benzene rings is 1. The first-order valence-corrected chi connectivity index (χ1v) is 12.3. The Balaban J connectivity index is 1.74. The van der Waals surface area contributed by atoms with Crippen molar-refractivity contribution in [3.8, 4) is 28.4 Å². The van der Waals surface area contributed by atoms with Gasteiger partial charge in [0.1, 0.15) is 30.0 Å². The number of nitrogens with zero attached hydrogens (tertiary/aromatic N) is 4. The number of hydrogen-bond acceptors (Lipinski definition) is 9. The van der Waals surface area contributed by atoms with E-state index in [4.69, 9.17) is 24.0 Å². The SMILES string of the molecule is CNCC(O)COc1cccc(-c2nc(-c3c(C)noc3C)c(C)c(N(C)[C@H]3C[C@@](C)(OC)C3)n2)c1. The lowest BCUT2D eigenvalue weighted by molar-refractivity contribution is -0.0676. The Morgan fingerprint density at radius 1 is 1.25 bits per heavy atom. The summed E-state index contributed by atoms with van der Waals surface area (Å²) in [6.45, 7) is 8.67. The van der Waals surface area contributed by atoms with Crippen LogP contribution in [0.3, 0.4) is 0 Å². The number of aliphatic hydroxyl groups excluding tert-OH is 1. The van der Waals surface area contributed by atoms with Gasteiger partial charge in [0.25, 0.3) is 0 Å². The van der Waals surface area contributed by atoms with Gasteiger partial charge in [-0.1, -0.05) is 17.3 Å². The molecule has 9 nitrogen and oxygen atoms in total. The predicted molar refractivity (Wildman–Crippen MR) is 139 cm³/mol. The van der Waals surface area contributed by atoms with E-state index in [0.717, 1.165) is 52.5 Å². The molecule has 1 atom stereocenters. The fraction of sp³-hybridized carbons (Fsp3) is 0.519. The summed E-state index contributed by atoms with van der Waals surface area (Å²) in [7, 11) is 5.65. The summed E-state index contributed by atoms with van der Waals surface area (Å²) in [6, 6.07) is 7.97. The molecule has 3 aromatic rings. The molecule has 1 aromatic carbocycles. The first-order valence-electron chi connectivity index (χ1n) is 12.3. The largest absolute Gasteiger partial charge is 0.491 e. The van der Waals surface area contributed by atoms with Gasteiger partial charge in [0, 0.05) is 37.9 Å². The van der Waals surface area contributed by atoms with Crippen LogP contribution in [-0.4, -0.2) is 72.3 Å². The maximum Gasteiger partial charge on any atom is 0.162 e. The fourth-order valence-corrected chi connectivity index (χ4v) is 4.80. The Morgan fingerprint density at radius 3 is 2.64 bits per heavy atom. The van der Waals surface area contributed by atoms with Crippen LogP contribution < -0.4 is 15.0 Å². The molecule has 9 heteroatoms. The Morgan fingerprint density at radius 2 is 2.00 bits per heavy atom. The molecule has 2 N–H and O–H groups in total. The highest BCUT2D eigenvalue weighted by Gasteiger charge is 2.43. The number of anilines is 1. The van der Waals surface area contributed by atoms with Crippen LogP contribution in [0.15, 0.2) is 28.8 Å². The molecular formula is C27H37N5O4. The average Bonchev–Trinajstić information content (AvgIpc) is 3.18. The van der Waals surface area contributed by atoms with E-state index in [9.17, 15) is 5.11 Å². The highest BCUT2D eigenvalue weighted by atomic mass is 16.5. The van der Waals surface area contributed by atoms with Crippen molar-refractivity contribution in [3.05, 3.63) is 41.3 Å². The molecule has 2 aromatic heterocycles. The zero-order valence-electron chi connectivity index (χ0n) is 22.3. The van der Waals surface area contributed by atoms with Crippen molar-refractivity contribution in [2.45, 2.75) is 58.3 Å². The van der Waals surface area contributed by atoms with E-state index in [1.165, 1.54) is 0 Å². The fourth-order valence-electron chi connectivity index (χ4n) is 4.80. The molecule has 0 spiro atoms. The Labute approximate surface area is 212 Å². The van der Waals surface area contributed by atoms with E-state index in [1.54, 1.807) is 14.2 Å². The number of likely N-dealkylation sites (N-methyl/N-ethyl adjacent to an activating group) is 1. The van der Waals surface area contributed by atoms with E-state index < -0.39 is 6.10 Å². The molecule has 1 saturated carbocycles. The molecule has 1 unspecified atom stereocenters. The molecule has 2 heterocycles. The molecule has 1 aliphatic carbocycles. The maximum atomic E-state index is 10.0. The number of aryl methyl sites for hydroxylation is 2. The monoisotopic (exact) mass is 495 g/mol. The maximum absolute atomic E-state index is 10.0. The lowest BCUT2D eigenvalue weighted by Crippen LogP contribution is -2.54. The molecular weight excluding hydrogens is 458 g/mol. The van der Waals surface area contributed by atoms with Gasteiger partial charge in [-0.05, 0) is 59.7 Å². The molecule has 0 amide bonds. The minimum Gasteiger partial charge on any atom is -0.491 e. The first kappa shape index (κ1) is 26.1. The minimum absolute atomic E-state index is 0.100. The van der Waals surface area contributed by atoms with E-state index in [1.807, 2.05) is 45.0 Å². The molecule has 4 rings (SSSR count). The van der Waals surface area contributed by atoms with Gasteiger partial charge >= 0.3 is 0 Å². The predicted octanol–water partition coefficient (Wildman–Crippen LogP) is 3.69. The summed E-state index contributed by atoms with van der Waals surface area (Å²) in [5.41, 5.74) is 4.20. The summed E-state index contributed by atoms with van der Waals surface area (Å²) < 4.78 is 17.0. The molecule has 36 heavy (non-hydrogen) atoms. The van der Waals surface area contributed by atoms with E-state index in [0.29, 0.717) is 24.2 Å². The number of hydrogen-bond donors (Lipinski definition) is 2. The number of ether oxygens (including phenoxy) is 2. The molecule has 0 saturated heterocycles. The van der Waals surface area contributed by atoms with E-state index in [-0.39, 0.29) is 12.2 Å². The average molecular weight is 496 g/mol. The third-order valence-corrected chi connectivity index (χ3v) is 7.07. The number of aliphatic hydroxyl groups is 1. The number of methoxy groups -OCH3 is 1. The van der Waals surface area contributed by atoms with Gasteiger partial charge in [0.05, 0.1) is 22.6 Å². The number of rotatable bonds is 10. The van der Waals surface area contributed by atoms with Crippen molar-refractivity contribution in [2.75, 3.05) is 39.3 Å². The normalized spacial score (nSPS) is 20.2. The van der Waals surface area contributed by atoms with Gasteiger partial charge in [0.2, 0.25) is 0 Å². The molecule has 1 aliphatic rings. The van der Waals surface area contributed by atoms with Crippen LogP contribution in [0.1, 0.15) is 36.8 Å². The Kier molecular flexibility index (Phi) is 7.63. The highest BCUT2D eigenvalue weighted by Crippen LogP contribution is 2.41. The number of nitrogens with one attached hydrogen (secondary N) is 1. The van der Waals surface area contributed by atoms with Gasteiger partial charge in [-0.25, -0.2) is 9.97 Å². The lowest BCUT2D eigenvalue weighted by atomic mass is 9.76. The highest BCUT2D eigenvalue weighted by molar-refractivity contribution is 5.75. The second-order valence-corrected chi connectivity index (χ2v) is 9.92. The lowest BCUT2D eigenvalue weighted by Gasteiger charge is -2.48. The van der Waals surface area contributed by atoms with E-state index >= 15 is 0 Å². The molecule has 1 fully saturated rings. The molecule has 0 aliphatic heterocycles. The molecule has 0 radical (unpaired) electrons. The van der Waals surface area contributed by atoms with Gasteiger partial charge in [-0.3, -0.25) is 0 Å². The Bertz CT molecular complexity index is 1190.